The van der Waals surface area contributed by atoms with Crippen molar-refractivity contribution in [1.82, 2.24) is 14.4 Å². The molecule has 6 nitrogen and oxygen atoms in total. The topological polar surface area (TPSA) is 62.6 Å². The van der Waals surface area contributed by atoms with Crippen molar-refractivity contribution in [2.75, 3.05) is 26.2 Å². The second kappa shape index (κ2) is 8.92. The van der Waals surface area contributed by atoms with Crippen LogP contribution in [0, 0.1) is 5.92 Å². The Balaban J connectivity index is 1.53. The maximum atomic E-state index is 13.2. The van der Waals surface area contributed by atoms with E-state index in [4.69, 9.17) is 0 Å². The molecule has 1 aliphatic rings. The van der Waals surface area contributed by atoms with Crippen molar-refractivity contribution in [3.8, 4) is 0 Å². The zero-order chi connectivity index (χ0) is 22.0. The predicted molar refractivity (Wildman–Crippen MR) is 123 cm³/mol. The maximum absolute atomic E-state index is 13.2. The van der Waals surface area contributed by atoms with Crippen LogP contribution in [0.1, 0.15) is 26.7 Å². The molecule has 0 bridgehead atoms. The first kappa shape index (κ1) is 21.1. The summed E-state index contributed by atoms with van der Waals surface area (Å²) < 4.78 is 1.94. The van der Waals surface area contributed by atoms with Gasteiger partial charge in [-0.3, -0.25) is 14.4 Å². The van der Waals surface area contributed by atoms with Crippen LogP contribution >= 0.6 is 0 Å². The molecule has 2 amide bonds. The van der Waals surface area contributed by atoms with Crippen LogP contribution in [0.25, 0.3) is 21.8 Å². The summed E-state index contributed by atoms with van der Waals surface area (Å²) in [4.78, 5) is 42.1. The summed E-state index contributed by atoms with van der Waals surface area (Å²) in [5.74, 6) is 0.695. The standard InChI is InChI=1S/C25H29N3O3/c1-18(2)11-12-23(29)26-13-15-27(16-14-26)24(30)17-28-21-9-5-3-7-19(21)25(31)20-8-4-6-10-22(20)28/h3-10,18H,11-17H2,1-2H3. The third kappa shape index (κ3) is 4.33. The van der Waals surface area contributed by atoms with Crippen molar-refractivity contribution in [2.24, 2.45) is 5.92 Å². The van der Waals surface area contributed by atoms with E-state index in [9.17, 15) is 14.4 Å². The number of para-hydroxylation sites is 2. The Labute approximate surface area is 182 Å². The second-order valence-corrected chi connectivity index (χ2v) is 8.64. The molecular formula is C25H29N3O3. The van der Waals surface area contributed by atoms with Crippen LogP contribution in [0.3, 0.4) is 0 Å². The van der Waals surface area contributed by atoms with E-state index in [1.807, 2.05) is 62.9 Å². The fourth-order valence-corrected chi connectivity index (χ4v) is 4.26. The quantitative estimate of drug-likeness (QED) is 0.597. The van der Waals surface area contributed by atoms with E-state index >= 15 is 0 Å². The highest BCUT2D eigenvalue weighted by Gasteiger charge is 2.24. The number of piperazine rings is 1. The molecule has 1 saturated heterocycles. The van der Waals surface area contributed by atoms with Gasteiger partial charge in [0.25, 0.3) is 0 Å². The lowest BCUT2D eigenvalue weighted by Crippen LogP contribution is -2.51. The number of benzene rings is 2. The van der Waals surface area contributed by atoms with Gasteiger partial charge in [0, 0.05) is 43.4 Å². The largest absolute Gasteiger partial charge is 0.339 e. The van der Waals surface area contributed by atoms with E-state index in [2.05, 4.69) is 13.8 Å². The SMILES string of the molecule is CC(C)CCC(=O)N1CCN(C(=O)Cn2c3ccccc3c(=O)c3ccccc32)CC1. The van der Waals surface area contributed by atoms with Crippen molar-refractivity contribution in [2.45, 2.75) is 33.2 Å². The Morgan fingerprint density at radius 3 is 1.81 bits per heavy atom. The molecule has 1 aliphatic heterocycles. The van der Waals surface area contributed by atoms with Gasteiger partial charge in [-0.15, -0.1) is 0 Å². The predicted octanol–water partition coefficient (Wildman–Crippen LogP) is 3.26. The summed E-state index contributed by atoms with van der Waals surface area (Å²) in [7, 11) is 0. The van der Waals surface area contributed by atoms with Gasteiger partial charge < -0.3 is 14.4 Å². The fourth-order valence-electron chi connectivity index (χ4n) is 4.26. The summed E-state index contributed by atoms with van der Waals surface area (Å²) in [5, 5.41) is 1.24. The summed E-state index contributed by atoms with van der Waals surface area (Å²) in [5.41, 5.74) is 1.52. The smallest absolute Gasteiger partial charge is 0.242 e. The van der Waals surface area contributed by atoms with Crippen LogP contribution in [-0.2, 0) is 16.1 Å². The molecule has 0 radical (unpaired) electrons. The number of pyridine rings is 1. The normalized spacial score (nSPS) is 14.5. The molecule has 0 atom stereocenters. The van der Waals surface area contributed by atoms with Crippen LogP contribution in [0.5, 0.6) is 0 Å². The summed E-state index contributed by atoms with van der Waals surface area (Å²) >= 11 is 0. The summed E-state index contributed by atoms with van der Waals surface area (Å²) in [6, 6.07) is 14.9. The van der Waals surface area contributed by atoms with Gasteiger partial charge in [0.1, 0.15) is 6.54 Å². The molecule has 31 heavy (non-hydrogen) atoms. The van der Waals surface area contributed by atoms with Crippen LogP contribution in [0.4, 0.5) is 0 Å². The van der Waals surface area contributed by atoms with Crippen LogP contribution in [-0.4, -0.2) is 52.4 Å². The minimum atomic E-state index is -0.0107. The molecule has 0 N–H and O–H groups in total. The average molecular weight is 420 g/mol. The van der Waals surface area contributed by atoms with E-state index < -0.39 is 0 Å². The van der Waals surface area contributed by atoms with E-state index in [1.165, 1.54) is 0 Å². The van der Waals surface area contributed by atoms with Crippen molar-refractivity contribution >= 4 is 33.6 Å². The molecule has 1 fully saturated rings. The Morgan fingerprint density at radius 1 is 0.806 bits per heavy atom. The van der Waals surface area contributed by atoms with Crippen molar-refractivity contribution in [3.63, 3.8) is 0 Å². The van der Waals surface area contributed by atoms with Crippen molar-refractivity contribution in [1.29, 1.82) is 0 Å². The molecular weight excluding hydrogens is 390 g/mol. The number of carbonyl (C=O) groups is 2. The number of nitrogens with zero attached hydrogens (tertiary/aromatic N) is 3. The fraction of sp³-hybridized carbons (Fsp3) is 0.400. The highest BCUT2D eigenvalue weighted by atomic mass is 16.2. The molecule has 1 aromatic heterocycles. The zero-order valence-electron chi connectivity index (χ0n) is 18.2. The summed E-state index contributed by atoms with van der Waals surface area (Å²) in [6.45, 7) is 6.65. The Hall–Kier alpha value is -3.15. The number of aromatic nitrogens is 1. The third-order valence-electron chi connectivity index (χ3n) is 6.09. The number of amides is 2. The molecule has 162 valence electrons. The number of fused-ring (bicyclic) bond motifs is 2. The van der Waals surface area contributed by atoms with Gasteiger partial charge in [0.15, 0.2) is 5.43 Å². The molecule has 2 aromatic carbocycles. The van der Waals surface area contributed by atoms with E-state index in [0.29, 0.717) is 49.3 Å². The zero-order valence-corrected chi connectivity index (χ0v) is 18.2. The number of hydrogen-bond donors (Lipinski definition) is 0. The molecule has 0 aliphatic carbocycles. The molecule has 6 heteroatoms. The van der Waals surface area contributed by atoms with Crippen LogP contribution in [0.15, 0.2) is 53.3 Å². The molecule has 0 saturated carbocycles. The molecule has 3 aromatic rings. The van der Waals surface area contributed by atoms with Gasteiger partial charge in [-0.2, -0.15) is 0 Å². The van der Waals surface area contributed by atoms with Crippen molar-refractivity contribution in [3.05, 3.63) is 58.8 Å². The van der Waals surface area contributed by atoms with E-state index in [0.717, 1.165) is 17.5 Å². The first-order valence-electron chi connectivity index (χ1n) is 11.0. The minimum Gasteiger partial charge on any atom is -0.339 e. The Kier molecular flexibility index (Phi) is 6.07. The van der Waals surface area contributed by atoms with E-state index in [1.54, 1.807) is 0 Å². The van der Waals surface area contributed by atoms with Gasteiger partial charge in [-0.25, -0.2) is 0 Å². The lowest BCUT2D eigenvalue weighted by molar-refractivity contribution is -0.140. The minimum absolute atomic E-state index is 0.00762. The lowest BCUT2D eigenvalue weighted by Gasteiger charge is -2.35. The van der Waals surface area contributed by atoms with Crippen molar-refractivity contribution < 1.29 is 9.59 Å². The average Bonchev–Trinajstić information content (AvgIpc) is 2.80. The number of hydrogen-bond acceptors (Lipinski definition) is 3. The lowest BCUT2D eigenvalue weighted by atomic mass is 10.1. The van der Waals surface area contributed by atoms with Gasteiger partial charge in [-0.1, -0.05) is 38.1 Å². The molecule has 2 heterocycles. The number of rotatable bonds is 5. The molecule has 4 rings (SSSR count). The maximum Gasteiger partial charge on any atom is 0.242 e. The number of carbonyl (C=O) groups excluding carboxylic acids is 2. The highest BCUT2D eigenvalue weighted by molar-refractivity contribution is 5.94. The van der Waals surface area contributed by atoms with E-state index in [-0.39, 0.29) is 23.8 Å². The second-order valence-electron chi connectivity index (χ2n) is 8.64. The van der Waals surface area contributed by atoms with Gasteiger partial charge in [-0.05, 0) is 36.6 Å². The van der Waals surface area contributed by atoms with Gasteiger partial charge in [0.2, 0.25) is 11.8 Å². The first-order chi connectivity index (χ1) is 15.0. The van der Waals surface area contributed by atoms with Gasteiger partial charge in [0.05, 0.1) is 11.0 Å². The molecule has 0 spiro atoms. The Morgan fingerprint density at radius 2 is 1.29 bits per heavy atom. The monoisotopic (exact) mass is 419 g/mol. The third-order valence-corrected chi connectivity index (χ3v) is 6.09. The first-order valence-corrected chi connectivity index (χ1v) is 11.0. The highest BCUT2D eigenvalue weighted by Crippen LogP contribution is 2.20. The molecule has 0 unspecified atom stereocenters. The van der Waals surface area contributed by atoms with Crippen LogP contribution in [0.2, 0.25) is 0 Å². The summed E-state index contributed by atoms with van der Waals surface area (Å²) in [6.07, 6.45) is 1.46. The Bertz CT molecular complexity index is 1110. The van der Waals surface area contributed by atoms with Crippen LogP contribution < -0.4 is 5.43 Å². The van der Waals surface area contributed by atoms with Gasteiger partial charge >= 0.3 is 0 Å².